The van der Waals surface area contributed by atoms with Gasteiger partial charge in [0.15, 0.2) is 0 Å². The van der Waals surface area contributed by atoms with Gasteiger partial charge in [0.2, 0.25) is 0 Å². The lowest BCUT2D eigenvalue weighted by atomic mass is 10.2. The number of carbonyl (C=O) groups is 1. The molecule has 0 saturated heterocycles. The molecule has 0 radical (unpaired) electrons. The summed E-state index contributed by atoms with van der Waals surface area (Å²) in [5.41, 5.74) is 5.58. The van der Waals surface area contributed by atoms with Crippen LogP contribution in [0.15, 0.2) is 24.3 Å². The molecule has 0 heterocycles. The van der Waals surface area contributed by atoms with E-state index >= 15 is 0 Å². The molecule has 82 valence electrons. The molecule has 0 amide bonds. The first-order valence-corrected chi connectivity index (χ1v) is 4.41. The normalized spacial score (nSPS) is 12.4. The molecule has 0 aliphatic carbocycles. The molecular formula is C10H12FNO3. The van der Waals surface area contributed by atoms with Crippen molar-refractivity contribution in [1.29, 1.82) is 0 Å². The van der Waals surface area contributed by atoms with Crippen LogP contribution < -0.4 is 5.73 Å². The Kier molecular flexibility index (Phi) is 4.20. The SMILES string of the molecule is NC(COCc1ccccc1F)C(=O)O. The van der Waals surface area contributed by atoms with Crippen LogP contribution in [-0.2, 0) is 16.1 Å². The minimum atomic E-state index is -1.14. The molecule has 0 aliphatic rings. The molecule has 3 N–H and O–H groups in total. The molecular weight excluding hydrogens is 201 g/mol. The number of aliphatic carboxylic acids is 1. The van der Waals surface area contributed by atoms with Gasteiger partial charge in [-0.2, -0.15) is 0 Å². The van der Waals surface area contributed by atoms with Gasteiger partial charge in [0.05, 0.1) is 13.2 Å². The maximum Gasteiger partial charge on any atom is 0.322 e. The summed E-state index contributed by atoms with van der Waals surface area (Å²) in [6.07, 6.45) is 0. The van der Waals surface area contributed by atoms with Crippen LogP contribution in [0.2, 0.25) is 0 Å². The maximum atomic E-state index is 13.0. The van der Waals surface area contributed by atoms with Gasteiger partial charge in [-0.3, -0.25) is 4.79 Å². The molecule has 0 saturated carbocycles. The van der Waals surface area contributed by atoms with Gasteiger partial charge in [0.25, 0.3) is 0 Å². The van der Waals surface area contributed by atoms with E-state index in [-0.39, 0.29) is 19.0 Å². The maximum absolute atomic E-state index is 13.0. The van der Waals surface area contributed by atoms with Crippen molar-refractivity contribution in [2.45, 2.75) is 12.6 Å². The van der Waals surface area contributed by atoms with Gasteiger partial charge < -0.3 is 15.6 Å². The summed E-state index contributed by atoms with van der Waals surface area (Å²) < 4.78 is 18.0. The second kappa shape index (κ2) is 5.43. The summed E-state index contributed by atoms with van der Waals surface area (Å²) >= 11 is 0. The van der Waals surface area contributed by atoms with Gasteiger partial charge in [-0.05, 0) is 6.07 Å². The lowest BCUT2D eigenvalue weighted by molar-refractivity contribution is -0.140. The first-order valence-electron chi connectivity index (χ1n) is 4.41. The molecule has 1 atom stereocenters. The van der Waals surface area contributed by atoms with Gasteiger partial charge in [-0.1, -0.05) is 18.2 Å². The first-order chi connectivity index (χ1) is 7.11. The number of nitrogens with two attached hydrogens (primary N) is 1. The van der Waals surface area contributed by atoms with E-state index in [2.05, 4.69) is 0 Å². The van der Waals surface area contributed by atoms with Crippen LogP contribution >= 0.6 is 0 Å². The molecule has 0 bridgehead atoms. The van der Waals surface area contributed by atoms with Crippen LogP contribution in [0.5, 0.6) is 0 Å². The van der Waals surface area contributed by atoms with Crippen molar-refractivity contribution < 1.29 is 19.0 Å². The Morgan fingerprint density at radius 3 is 2.80 bits per heavy atom. The van der Waals surface area contributed by atoms with Crippen LogP contribution in [0, 0.1) is 5.82 Å². The van der Waals surface area contributed by atoms with Gasteiger partial charge in [0.1, 0.15) is 11.9 Å². The van der Waals surface area contributed by atoms with E-state index in [0.29, 0.717) is 5.56 Å². The van der Waals surface area contributed by atoms with E-state index in [4.69, 9.17) is 15.6 Å². The van der Waals surface area contributed by atoms with E-state index in [0.717, 1.165) is 0 Å². The van der Waals surface area contributed by atoms with Gasteiger partial charge in [0, 0.05) is 5.56 Å². The standard InChI is InChI=1S/C10H12FNO3/c11-8-4-2-1-3-7(8)5-15-6-9(12)10(13)14/h1-4,9H,5-6,12H2,(H,13,14). The number of rotatable bonds is 5. The Bertz CT molecular complexity index is 343. The van der Waals surface area contributed by atoms with E-state index in [1.54, 1.807) is 18.2 Å². The molecule has 1 aromatic carbocycles. The highest BCUT2D eigenvalue weighted by molar-refractivity contribution is 5.73. The van der Waals surface area contributed by atoms with Gasteiger partial charge >= 0.3 is 5.97 Å². The predicted molar refractivity (Wildman–Crippen MR) is 51.7 cm³/mol. The smallest absolute Gasteiger partial charge is 0.322 e. The third kappa shape index (κ3) is 3.65. The molecule has 0 aromatic heterocycles. The lowest BCUT2D eigenvalue weighted by Gasteiger charge is -2.08. The molecule has 1 rings (SSSR count). The van der Waals surface area contributed by atoms with Gasteiger partial charge in [-0.15, -0.1) is 0 Å². The fraction of sp³-hybridized carbons (Fsp3) is 0.300. The molecule has 4 nitrogen and oxygen atoms in total. The van der Waals surface area contributed by atoms with Crippen LogP contribution in [0.4, 0.5) is 4.39 Å². The van der Waals surface area contributed by atoms with Crippen LogP contribution in [0.1, 0.15) is 5.56 Å². The predicted octanol–water partition coefficient (Wildman–Crippen LogP) is 0.754. The Morgan fingerprint density at radius 1 is 1.53 bits per heavy atom. The van der Waals surface area contributed by atoms with E-state index < -0.39 is 12.0 Å². The lowest BCUT2D eigenvalue weighted by Crippen LogP contribution is -2.34. The van der Waals surface area contributed by atoms with E-state index in [1.807, 2.05) is 0 Å². The van der Waals surface area contributed by atoms with Crippen molar-refractivity contribution in [2.24, 2.45) is 5.73 Å². The third-order valence-electron chi connectivity index (χ3n) is 1.83. The topological polar surface area (TPSA) is 72.5 Å². The summed E-state index contributed by atoms with van der Waals surface area (Å²) in [6.45, 7) is -0.114. The zero-order valence-electron chi connectivity index (χ0n) is 8.02. The van der Waals surface area contributed by atoms with E-state index in [9.17, 15) is 9.18 Å². The second-order valence-electron chi connectivity index (χ2n) is 3.05. The largest absolute Gasteiger partial charge is 0.480 e. The summed E-state index contributed by atoms with van der Waals surface area (Å²) in [7, 11) is 0. The zero-order chi connectivity index (χ0) is 11.3. The average Bonchev–Trinajstić information content (AvgIpc) is 2.20. The Hall–Kier alpha value is -1.46. The van der Waals surface area contributed by atoms with Crippen molar-refractivity contribution >= 4 is 5.97 Å². The minimum Gasteiger partial charge on any atom is -0.480 e. The highest BCUT2D eigenvalue weighted by Crippen LogP contribution is 2.07. The highest BCUT2D eigenvalue weighted by Gasteiger charge is 2.11. The molecule has 5 heteroatoms. The van der Waals surface area contributed by atoms with Crippen LogP contribution in [0.25, 0.3) is 0 Å². The number of carboxylic acids is 1. The zero-order valence-corrected chi connectivity index (χ0v) is 8.02. The summed E-state index contributed by atoms with van der Waals surface area (Å²) in [6, 6.07) is 5.06. The minimum absolute atomic E-state index is 0.0215. The molecule has 1 aromatic rings. The number of hydrogen-bond donors (Lipinski definition) is 2. The fourth-order valence-corrected chi connectivity index (χ4v) is 0.983. The van der Waals surface area contributed by atoms with Crippen molar-refractivity contribution in [3.8, 4) is 0 Å². The monoisotopic (exact) mass is 213 g/mol. The summed E-state index contributed by atoms with van der Waals surface area (Å²) in [5, 5.41) is 8.45. The average molecular weight is 213 g/mol. The molecule has 15 heavy (non-hydrogen) atoms. The Balaban J connectivity index is 2.38. The quantitative estimate of drug-likeness (QED) is 0.757. The molecule has 0 spiro atoms. The van der Waals surface area contributed by atoms with Crippen molar-refractivity contribution in [1.82, 2.24) is 0 Å². The number of ether oxygens (including phenoxy) is 1. The second-order valence-corrected chi connectivity index (χ2v) is 3.05. The van der Waals surface area contributed by atoms with Crippen molar-refractivity contribution in [3.63, 3.8) is 0 Å². The van der Waals surface area contributed by atoms with E-state index in [1.165, 1.54) is 6.07 Å². The molecule has 0 fully saturated rings. The summed E-state index contributed by atoms with van der Waals surface area (Å²) in [5.74, 6) is -1.51. The number of hydrogen-bond acceptors (Lipinski definition) is 3. The van der Waals surface area contributed by atoms with Crippen molar-refractivity contribution in [3.05, 3.63) is 35.6 Å². The van der Waals surface area contributed by atoms with Crippen LogP contribution in [0.3, 0.4) is 0 Å². The highest BCUT2D eigenvalue weighted by atomic mass is 19.1. The summed E-state index contributed by atoms with van der Waals surface area (Å²) in [4.78, 5) is 10.3. The van der Waals surface area contributed by atoms with Crippen molar-refractivity contribution in [2.75, 3.05) is 6.61 Å². The third-order valence-corrected chi connectivity index (χ3v) is 1.83. The number of carboxylic acid groups (broad SMARTS) is 1. The first kappa shape index (κ1) is 11.6. The van der Waals surface area contributed by atoms with Gasteiger partial charge in [-0.25, -0.2) is 4.39 Å². The number of benzene rings is 1. The molecule has 1 unspecified atom stereocenters. The number of halogens is 1. The van der Waals surface area contributed by atoms with Crippen LogP contribution in [-0.4, -0.2) is 23.7 Å². The Morgan fingerprint density at radius 2 is 2.20 bits per heavy atom. The molecule has 0 aliphatic heterocycles. The fourth-order valence-electron chi connectivity index (χ4n) is 0.983. The Labute approximate surface area is 86.5 Å².